The molecule has 260 valence electrons. The molecule has 0 saturated carbocycles. The second-order valence-corrected chi connectivity index (χ2v) is 15.3. The normalized spacial score (nSPS) is 27.6. The number of alkyl halides is 1. The minimum Gasteiger partial charge on any atom is -0.461 e. The summed E-state index contributed by atoms with van der Waals surface area (Å²) >= 11 is 7.81. The minimum atomic E-state index is -0.963. The molecule has 2 unspecified atom stereocenters. The Bertz CT molecular complexity index is 2130. The molecule has 0 radical (unpaired) electrons. The van der Waals surface area contributed by atoms with Crippen LogP contribution in [0.25, 0.3) is 32.1 Å². The Morgan fingerprint density at radius 2 is 2.06 bits per heavy atom. The maximum atomic E-state index is 17.2. The number of carbonyl (C=O) groups is 1. The number of anilines is 2. The van der Waals surface area contributed by atoms with Crippen LogP contribution in [0.15, 0.2) is 18.2 Å². The smallest absolute Gasteiger partial charge is 0.319 e. The third-order valence-electron chi connectivity index (χ3n) is 10.9. The van der Waals surface area contributed by atoms with Crippen LogP contribution in [0.5, 0.6) is 6.01 Å². The standard InChI is InChI=1S/C34H32ClF3N8O3S/c35-22-6-20-28(27(38)26(22)19-2-3-23(37)29-25(19)21(8-39)30(40)50-29)42-33(49-15-34-4-1-5-44(34)10-16(36)7-34)43-31(20)45-11-18-14-48-13-17(45)12-46(18)32(47)24-9-41-24/h2-3,6,16-18,24,41H,1,4-5,7,9-15,40H2/t16-,17?,18?,24-,34+/m1/s1. The van der Waals surface area contributed by atoms with E-state index in [1.54, 1.807) is 6.07 Å². The zero-order valence-electron chi connectivity index (χ0n) is 26.7. The lowest BCUT2D eigenvalue weighted by atomic mass is 9.95. The van der Waals surface area contributed by atoms with Gasteiger partial charge in [0.15, 0.2) is 5.82 Å². The number of carbonyl (C=O) groups excluding carboxylic acids is 1. The molecule has 2 aromatic carbocycles. The van der Waals surface area contributed by atoms with Crippen LogP contribution in [0.3, 0.4) is 0 Å². The zero-order chi connectivity index (χ0) is 34.5. The van der Waals surface area contributed by atoms with Gasteiger partial charge in [0.25, 0.3) is 0 Å². The molecule has 11 nitrogen and oxygen atoms in total. The fourth-order valence-corrected chi connectivity index (χ4v) is 9.63. The van der Waals surface area contributed by atoms with Gasteiger partial charge in [-0.15, -0.1) is 11.3 Å². The van der Waals surface area contributed by atoms with Crippen molar-refractivity contribution in [2.75, 3.05) is 63.2 Å². The Morgan fingerprint density at radius 3 is 2.86 bits per heavy atom. The van der Waals surface area contributed by atoms with Gasteiger partial charge in [0, 0.05) is 48.9 Å². The van der Waals surface area contributed by atoms with Crippen LogP contribution < -0.4 is 20.7 Å². The Hall–Kier alpha value is -3.94. The lowest BCUT2D eigenvalue weighted by Gasteiger charge is -2.43. The summed E-state index contributed by atoms with van der Waals surface area (Å²) in [6.07, 6.45) is 1.05. The van der Waals surface area contributed by atoms with Gasteiger partial charge in [-0.05, 0) is 37.1 Å². The Kier molecular flexibility index (Phi) is 7.56. The third-order valence-corrected chi connectivity index (χ3v) is 12.2. The fraction of sp³-hybridized carbons (Fsp3) is 0.471. The number of aromatic nitrogens is 2. The molecule has 5 atom stereocenters. The number of benzene rings is 2. The summed E-state index contributed by atoms with van der Waals surface area (Å²) in [4.78, 5) is 28.6. The highest BCUT2D eigenvalue weighted by molar-refractivity contribution is 7.23. The molecule has 3 N–H and O–H groups in total. The van der Waals surface area contributed by atoms with E-state index in [1.165, 1.54) is 12.1 Å². The van der Waals surface area contributed by atoms with Gasteiger partial charge in [-0.25, -0.2) is 13.2 Å². The third kappa shape index (κ3) is 4.98. The SMILES string of the molecule is N#Cc1c(N)sc2c(F)ccc(-c3c(Cl)cc4c(N5CC6COCC5CN6C(=O)[C@H]5CN5)nc(OC[C@@]56CCCN5C[C@H](F)C6)nc4c3F)c12. The van der Waals surface area contributed by atoms with Gasteiger partial charge in [0.2, 0.25) is 5.91 Å². The van der Waals surface area contributed by atoms with Crippen LogP contribution in [0.4, 0.5) is 24.0 Å². The highest BCUT2D eigenvalue weighted by Gasteiger charge is 2.50. The first-order chi connectivity index (χ1) is 24.2. The van der Waals surface area contributed by atoms with E-state index in [9.17, 15) is 18.8 Å². The maximum Gasteiger partial charge on any atom is 0.319 e. The zero-order valence-corrected chi connectivity index (χ0v) is 28.3. The molecule has 6 saturated heterocycles. The highest BCUT2D eigenvalue weighted by atomic mass is 35.5. The predicted octanol–water partition coefficient (Wildman–Crippen LogP) is 4.24. The average molecular weight is 725 g/mol. The van der Waals surface area contributed by atoms with Crippen molar-refractivity contribution >= 4 is 60.7 Å². The van der Waals surface area contributed by atoms with E-state index >= 15 is 4.39 Å². The van der Waals surface area contributed by atoms with E-state index in [-0.39, 0.29) is 79.0 Å². The molecule has 2 bridgehead atoms. The van der Waals surface area contributed by atoms with Crippen molar-refractivity contribution in [3.63, 3.8) is 0 Å². The highest BCUT2D eigenvalue weighted by Crippen LogP contribution is 2.46. The number of nitrogens with two attached hydrogens (primary N) is 1. The van der Waals surface area contributed by atoms with Crippen LogP contribution >= 0.6 is 22.9 Å². The quantitative estimate of drug-likeness (QED) is 0.278. The van der Waals surface area contributed by atoms with Crippen molar-refractivity contribution in [1.82, 2.24) is 25.1 Å². The molecular formula is C34H32ClF3N8O3S. The summed E-state index contributed by atoms with van der Waals surface area (Å²) in [5, 5.41) is 13.6. The van der Waals surface area contributed by atoms with Crippen LogP contribution in [-0.2, 0) is 9.53 Å². The molecular weight excluding hydrogens is 693 g/mol. The lowest BCUT2D eigenvalue weighted by Crippen LogP contribution is -2.61. The van der Waals surface area contributed by atoms with Crippen molar-refractivity contribution in [1.29, 1.82) is 5.26 Å². The topological polar surface area (TPSA) is 143 Å². The molecule has 4 aromatic rings. The monoisotopic (exact) mass is 724 g/mol. The molecule has 10 rings (SSSR count). The van der Waals surface area contributed by atoms with Crippen molar-refractivity contribution in [3.8, 4) is 23.2 Å². The van der Waals surface area contributed by atoms with Gasteiger partial charge in [-0.3, -0.25) is 9.69 Å². The van der Waals surface area contributed by atoms with Gasteiger partial charge >= 0.3 is 6.01 Å². The summed E-state index contributed by atoms with van der Waals surface area (Å²) in [5.41, 5.74) is 5.66. The van der Waals surface area contributed by atoms with E-state index in [0.717, 1.165) is 30.7 Å². The lowest BCUT2D eigenvalue weighted by molar-refractivity contribution is -0.133. The number of halogens is 4. The molecule has 0 aliphatic carbocycles. The van der Waals surface area contributed by atoms with Crippen molar-refractivity contribution in [2.45, 2.75) is 49.1 Å². The number of fused-ring (bicyclic) bond motifs is 7. The predicted molar refractivity (Wildman–Crippen MR) is 182 cm³/mol. The van der Waals surface area contributed by atoms with E-state index in [4.69, 9.17) is 31.8 Å². The fourth-order valence-electron chi connectivity index (χ4n) is 8.38. The number of hydrogen-bond donors (Lipinski definition) is 2. The number of nitrogens with zero attached hydrogens (tertiary/aromatic N) is 6. The van der Waals surface area contributed by atoms with E-state index < -0.39 is 23.3 Å². The largest absolute Gasteiger partial charge is 0.461 e. The molecule has 50 heavy (non-hydrogen) atoms. The number of nitrogen functional groups attached to an aromatic ring is 1. The summed E-state index contributed by atoms with van der Waals surface area (Å²) in [6.45, 7) is 3.30. The van der Waals surface area contributed by atoms with Gasteiger partial charge in [0.05, 0.1) is 52.2 Å². The Morgan fingerprint density at radius 1 is 1.24 bits per heavy atom. The van der Waals surface area contributed by atoms with Crippen molar-refractivity contribution in [3.05, 3.63) is 40.4 Å². The van der Waals surface area contributed by atoms with Crippen LogP contribution in [0, 0.1) is 23.0 Å². The van der Waals surface area contributed by atoms with E-state index in [0.29, 0.717) is 57.0 Å². The minimum absolute atomic E-state index is 0.00311. The summed E-state index contributed by atoms with van der Waals surface area (Å²) in [7, 11) is 0. The second-order valence-electron chi connectivity index (χ2n) is 13.8. The second kappa shape index (κ2) is 11.8. The average Bonchev–Trinajstić information content (AvgIpc) is 3.80. The maximum absolute atomic E-state index is 17.2. The summed E-state index contributed by atoms with van der Waals surface area (Å²) in [5.74, 6) is -1.00. The first kappa shape index (κ1) is 32.0. The van der Waals surface area contributed by atoms with Crippen LogP contribution in [0.2, 0.25) is 5.02 Å². The number of thiophene rings is 1. The van der Waals surface area contributed by atoms with E-state index in [1.807, 2.05) is 15.9 Å². The van der Waals surface area contributed by atoms with Gasteiger partial charge in [0.1, 0.15) is 41.0 Å². The molecule has 6 fully saturated rings. The van der Waals surface area contributed by atoms with Gasteiger partial charge < -0.3 is 30.3 Å². The molecule has 16 heteroatoms. The number of ether oxygens (including phenoxy) is 2. The summed E-state index contributed by atoms with van der Waals surface area (Å²) in [6, 6.07) is 5.32. The van der Waals surface area contributed by atoms with E-state index in [2.05, 4.69) is 15.2 Å². The number of amides is 1. The first-order valence-corrected chi connectivity index (χ1v) is 17.9. The molecule has 6 aliphatic heterocycles. The first-order valence-electron chi connectivity index (χ1n) is 16.7. The molecule has 1 amide bonds. The van der Waals surface area contributed by atoms with Gasteiger partial charge in [-0.1, -0.05) is 17.7 Å². The molecule has 2 aromatic heterocycles. The van der Waals surface area contributed by atoms with Gasteiger partial charge in [-0.2, -0.15) is 15.2 Å². The Balaban J connectivity index is 1.19. The summed E-state index contributed by atoms with van der Waals surface area (Å²) < 4.78 is 59.1. The molecule has 8 heterocycles. The van der Waals surface area contributed by atoms with Crippen molar-refractivity contribution < 1.29 is 27.4 Å². The number of hydrogen-bond acceptors (Lipinski definition) is 11. The Labute approximate surface area is 293 Å². The molecule has 0 spiro atoms. The van der Waals surface area contributed by atoms with Crippen molar-refractivity contribution in [2.24, 2.45) is 0 Å². The number of rotatable bonds is 6. The van der Waals surface area contributed by atoms with Crippen LogP contribution in [-0.4, -0.2) is 108 Å². The number of nitriles is 1. The number of piperazine rings is 1. The van der Waals surface area contributed by atoms with Crippen LogP contribution in [0.1, 0.15) is 24.8 Å². The molecule has 6 aliphatic rings. The number of nitrogens with one attached hydrogen (secondary N) is 1.